The Morgan fingerprint density at radius 3 is 2.32 bits per heavy atom. The first-order chi connectivity index (χ1) is 15.2. The van der Waals surface area contributed by atoms with E-state index in [1.807, 2.05) is 0 Å². The van der Waals surface area contributed by atoms with Crippen LogP contribution in [-0.4, -0.2) is 35.9 Å². The van der Waals surface area contributed by atoms with Crippen molar-refractivity contribution in [2.45, 2.75) is 24.8 Å². The van der Waals surface area contributed by atoms with Crippen molar-refractivity contribution in [1.82, 2.24) is 15.1 Å². The second-order valence-electron chi connectivity index (χ2n) is 8.27. The molecular formula is C25H25N3O3. The largest absolute Gasteiger partial charge is 0.383 e. The van der Waals surface area contributed by atoms with Crippen LogP contribution in [0.15, 0.2) is 65.5 Å². The minimum absolute atomic E-state index is 0.244. The first-order valence-electron chi connectivity index (χ1n) is 10.7. The minimum Gasteiger partial charge on any atom is -0.383 e. The molecule has 158 valence electrons. The highest BCUT2D eigenvalue weighted by Crippen LogP contribution is 2.55. The van der Waals surface area contributed by atoms with Gasteiger partial charge in [0, 0.05) is 31.6 Å². The van der Waals surface area contributed by atoms with Crippen LogP contribution in [0, 0.1) is 5.92 Å². The average Bonchev–Trinajstić information content (AvgIpc) is 2.82. The van der Waals surface area contributed by atoms with Crippen molar-refractivity contribution in [2.75, 3.05) is 20.3 Å². The molecule has 0 spiro atoms. The minimum atomic E-state index is -0.255. The van der Waals surface area contributed by atoms with E-state index in [4.69, 9.17) is 4.74 Å². The van der Waals surface area contributed by atoms with Crippen molar-refractivity contribution in [3.05, 3.63) is 99.0 Å². The molecule has 6 nitrogen and oxygen atoms in total. The summed E-state index contributed by atoms with van der Waals surface area (Å²) in [5, 5.41) is 7.28. The SMILES string of the molecule is COCCn1nc(C(=O)NCC2CC3c4ccccc4C2c2ccccc23)ccc1=O. The number of rotatable bonds is 6. The lowest BCUT2D eigenvalue weighted by molar-refractivity contribution is 0.0934. The molecule has 3 aromatic rings. The standard InChI is InChI=1S/C25H25N3O3/c1-31-13-12-28-23(29)11-10-22(27-28)25(30)26-15-16-14-21-17-6-2-4-8-19(17)24(16)20-9-5-3-7-18(20)21/h2-11,16,21,24H,12-15H2,1H3,(H,26,30). The lowest BCUT2D eigenvalue weighted by atomic mass is 9.59. The predicted octanol–water partition coefficient (Wildman–Crippen LogP) is 2.92. The Morgan fingerprint density at radius 2 is 1.68 bits per heavy atom. The molecule has 0 fully saturated rings. The molecule has 0 aliphatic heterocycles. The topological polar surface area (TPSA) is 73.2 Å². The van der Waals surface area contributed by atoms with E-state index in [0.29, 0.717) is 31.5 Å². The molecule has 3 aliphatic carbocycles. The zero-order valence-corrected chi connectivity index (χ0v) is 17.5. The third-order valence-electron chi connectivity index (χ3n) is 6.55. The van der Waals surface area contributed by atoms with Crippen molar-refractivity contribution in [3.63, 3.8) is 0 Å². The van der Waals surface area contributed by atoms with Crippen LogP contribution in [0.3, 0.4) is 0 Å². The van der Waals surface area contributed by atoms with Gasteiger partial charge in [-0.15, -0.1) is 0 Å². The molecule has 1 atom stereocenters. The van der Waals surface area contributed by atoms with Gasteiger partial charge >= 0.3 is 0 Å². The summed E-state index contributed by atoms with van der Waals surface area (Å²) in [4.78, 5) is 24.7. The fourth-order valence-corrected chi connectivity index (χ4v) is 5.18. The quantitative estimate of drug-likeness (QED) is 0.672. The summed E-state index contributed by atoms with van der Waals surface area (Å²) in [7, 11) is 1.57. The van der Waals surface area contributed by atoms with Gasteiger partial charge in [0.25, 0.3) is 11.5 Å². The summed E-state index contributed by atoms with van der Waals surface area (Å²) in [6, 6.07) is 20.2. The van der Waals surface area contributed by atoms with Crippen LogP contribution in [0.2, 0.25) is 0 Å². The molecule has 6 rings (SSSR count). The molecule has 1 unspecified atom stereocenters. The number of methoxy groups -OCH3 is 1. The van der Waals surface area contributed by atoms with Gasteiger partial charge in [0.15, 0.2) is 0 Å². The normalized spacial score (nSPS) is 20.7. The molecule has 1 N–H and O–H groups in total. The zero-order valence-electron chi connectivity index (χ0n) is 17.5. The number of ether oxygens (including phenoxy) is 1. The fraction of sp³-hybridized carbons (Fsp3) is 0.320. The summed E-state index contributed by atoms with van der Waals surface area (Å²) in [6.45, 7) is 1.25. The lowest BCUT2D eigenvalue weighted by Crippen LogP contribution is -2.40. The van der Waals surface area contributed by atoms with Crippen molar-refractivity contribution < 1.29 is 9.53 Å². The van der Waals surface area contributed by atoms with Gasteiger partial charge < -0.3 is 10.1 Å². The highest BCUT2D eigenvalue weighted by molar-refractivity contribution is 5.92. The molecule has 1 amide bonds. The lowest BCUT2D eigenvalue weighted by Gasteiger charge is -2.45. The van der Waals surface area contributed by atoms with Gasteiger partial charge in [-0.25, -0.2) is 4.68 Å². The highest BCUT2D eigenvalue weighted by Gasteiger charge is 2.42. The molecule has 0 saturated carbocycles. The Bertz CT molecular complexity index is 1140. The summed E-state index contributed by atoms with van der Waals surface area (Å²) < 4.78 is 6.28. The van der Waals surface area contributed by atoms with E-state index in [9.17, 15) is 9.59 Å². The number of nitrogens with one attached hydrogen (secondary N) is 1. The molecule has 1 aromatic heterocycles. The molecule has 0 saturated heterocycles. The summed E-state index contributed by atoms with van der Waals surface area (Å²) in [6.07, 6.45) is 1.01. The second-order valence-corrected chi connectivity index (χ2v) is 8.27. The summed E-state index contributed by atoms with van der Waals surface area (Å²) >= 11 is 0. The van der Waals surface area contributed by atoms with Gasteiger partial charge in [-0.05, 0) is 40.7 Å². The third-order valence-corrected chi connectivity index (χ3v) is 6.55. The van der Waals surface area contributed by atoms with Crippen molar-refractivity contribution in [2.24, 2.45) is 5.92 Å². The number of carbonyl (C=O) groups excluding carboxylic acids is 1. The number of aromatic nitrogens is 2. The Kier molecular flexibility index (Phi) is 5.16. The summed E-state index contributed by atoms with van der Waals surface area (Å²) in [5.74, 6) is 0.710. The maximum atomic E-state index is 12.8. The first kappa shape index (κ1) is 19.7. The maximum Gasteiger partial charge on any atom is 0.271 e. The number of hydrogen-bond donors (Lipinski definition) is 1. The Labute approximate surface area is 180 Å². The highest BCUT2D eigenvalue weighted by atomic mass is 16.5. The van der Waals surface area contributed by atoms with Crippen LogP contribution in [-0.2, 0) is 11.3 Å². The molecule has 2 bridgehead atoms. The van der Waals surface area contributed by atoms with Gasteiger partial charge in [0.2, 0.25) is 0 Å². The monoisotopic (exact) mass is 415 g/mol. The zero-order chi connectivity index (χ0) is 21.4. The molecule has 0 radical (unpaired) electrons. The van der Waals surface area contributed by atoms with Crippen LogP contribution in [0.1, 0.15) is 51.0 Å². The van der Waals surface area contributed by atoms with E-state index in [1.165, 1.54) is 39.1 Å². The average molecular weight is 415 g/mol. The van der Waals surface area contributed by atoms with E-state index in [0.717, 1.165) is 6.42 Å². The van der Waals surface area contributed by atoms with E-state index in [1.54, 1.807) is 7.11 Å². The molecule has 3 aliphatic rings. The number of carbonyl (C=O) groups is 1. The van der Waals surface area contributed by atoms with Crippen molar-refractivity contribution >= 4 is 5.91 Å². The second kappa shape index (κ2) is 8.12. The number of amides is 1. The molecular weight excluding hydrogens is 390 g/mol. The molecule has 2 aromatic carbocycles. The number of fused-ring (bicyclic) bond motifs is 1. The van der Waals surface area contributed by atoms with Gasteiger partial charge in [0.05, 0.1) is 13.2 Å². The van der Waals surface area contributed by atoms with Gasteiger partial charge in [0.1, 0.15) is 5.69 Å². The molecule has 31 heavy (non-hydrogen) atoms. The van der Waals surface area contributed by atoms with Crippen LogP contribution < -0.4 is 10.9 Å². The summed E-state index contributed by atoms with van der Waals surface area (Å²) in [5.41, 5.74) is 5.59. The molecule has 6 heteroatoms. The first-order valence-corrected chi connectivity index (χ1v) is 10.7. The van der Waals surface area contributed by atoms with Crippen LogP contribution in [0.25, 0.3) is 0 Å². The Morgan fingerprint density at radius 1 is 1.03 bits per heavy atom. The van der Waals surface area contributed by atoms with Crippen LogP contribution in [0.4, 0.5) is 0 Å². The van der Waals surface area contributed by atoms with Crippen molar-refractivity contribution in [1.29, 1.82) is 0 Å². The number of nitrogens with zero attached hydrogens (tertiary/aromatic N) is 2. The fourth-order valence-electron chi connectivity index (χ4n) is 5.18. The van der Waals surface area contributed by atoms with Gasteiger partial charge in [-0.2, -0.15) is 5.10 Å². The Hall–Kier alpha value is -3.25. The van der Waals surface area contributed by atoms with E-state index in [-0.39, 0.29) is 23.1 Å². The predicted molar refractivity (Wildman–Crippen MR) is 117 cm³/mol. The molecule has 1 heterocycles. The third kappa shape index (κ3) is 3.47. The van der Waals surface area contributed by atoms with Gasteiger partial charge in [-0.3, -0.25) is 9.59 Å². The number of benzene rings is 2. The van der Waals surface area contributed by atoms with Crippen molar-refractivity contribution in [3.8, 4) is 0 Å². The van der Waals surface area contributed by atoms with E-state index >= 15 is 0 Å². The maximum absolute atomic E-state index is 12.8. The van der Waals surface area contributed by atoms with E-state index < -0.39 is 0 Å². The Balaban J connectivity index is 1.36. The van der Waals surface area contributed by atoms with E-state index in [2.05, 4.69) is 58.9 Å². The smallest absolute Gasteiger partial charge is 0.271 e. The number of hydrogen-bond acceptors (Lipinski definition) is 4. The van der Waals surface area contributed by atoms with Crippen LogP contribution >= 0.6 is 0 Å². The van der Waals surface area contributed by atoms with Gasteiger partial charge in [-0.1, -0.05) is 48.5 Å². The van der Waals surface area contributed by atoms with Crippen LogP contribution in [0.5, 0.6) is 0 Å².